The maximum absolute atomic E-state index is 11.2. The Morgan fingerprint density at radius 1 is 1.22 bits per heavy atom. The van der Waals surface area contributed by atoms with Crippen molar-refractivity contribution in [2.24, 2.45) is 0 Å². The second-order valence-corrected chi connectivity index (χ2v) is 4.54. The van der Waals surface area contributed by atoms with Crippen LogP contribution in [0.5, 0.6) is 0 Å². The molecule has 0 amide bonds. The van der Waals surface area contributed by atoms with Crippen LogP contribution in [0.3, 0.4) is 0 Å². The number of methoxy groups -OCH3 is 1. The molecule has 0 bridgehead atoms. The molecule has 1 aliphatic carbocycles. The van der Waals surface area contributed by atoms with E-state index < -0.39 is 0 Å². The first kappa shape index (κ1) is 11.1. The Morgan fingerprint density at radius 3 is 2.78 bits per heavy atom. The summed E-state index contributed by atoms with van der Waals surface area (Å²) in [5.74, 6) is -0.252. The molecule has 0 saturated heterocycles. The SMILES string of the molecule is COC(=O)CNc1ccc2c3c(cccc13)CC2. The van der Waals surface area contributed by atoms with Gasteiger partial charge < -0.3 is 10.1 Å². The summed E-state index contributed by atoms with van der Waals surface area (Å²) >= 11 is 0. The van der Waals surface area contributed by atoms with Crippen LogP contribution in [0.2, 0.25) is 0 Å². The van der Waals surface area contributed by atoms with Crippen LogP contribution in [0.25, 0.3) is 10.8 Å². The molecule has 2 aromatic carbocycles. The summed E-state index contributed by atoms with van der Waals surface area (Å²) in [5.41, 5.74) is 3.82. The number of anilines is 1. The highest BCUT2D eigenvalue weighted by atomic mass is 16.5. The number of hydrogen-bond donors (Lipinski definition) is 1. The lowest BCUT2D eigenvalue weighted by Gasteiger charge is -2.10. The van der Waals surface area contributed by atoms with Gasteiger partial charge in [0, 0.05) is 11.1 Å². The average molecular weight is 241 g/mol. The fourth-order valence-corrected chi connectivity index (χ4v) is 2.64. The molecule has 0 radical (unpaired) electrons. The number of rotatable bonds is 3. The third kappa shape index (κ3) is 1.72. The maximum atomic E-state index is 11.2. The molecule has 3 heteroatoms. The van der Waals surface area contributed by atoms with Crippen molar-refractivity contribution in [2.45, 2.75) is 12.8 Å². The van der Waals surface area contributed by atoms with Gasteiger partial charge in [-0.2, -0.15) is 0 Å². The van der Waals surface area contributed by atoms with Crippen LogP contribution < -0.4 is 5.32 Å². The molecule has 3 rings (SSSR count). The van der Waals surface area contributed by atoms with Gasteiger partial charge in [-0.3, -0.25) is 4.79 Å². The first-order valence-corrected chi connectivity index (χ1v) is 6.14. The van der Waals surface area contributed by atoms with E-state index >= 15 is 0 Å². The monoisotopic (exact) mass is 241 g/mol. The molecule has 0 unspecified atom stereocenters. The molecule has 0 aromatic heterocycles. The van der Waals surface area contributed by atoms with E-state index in [-0.39, 0.29) is 12.5 Å². The number of ether oxygens (including phenoxy) is 1. The van der Waals surface area contributed by atoms with Gasteiger partial charge in [0.1, 0.15) is 6.54 Å². The molecule has 0 aliphatic heterocycles. The number of carbonyl (C=O) groups is 1. The third-order valence-electron chi connectivity index (χ3n) is 3.53. The molecule has 1 N–H and O–H groups in total. The quantitative estimate of drug-likeness (QED) is 0.839. The van der Waals surface area contributed by atoms with Gasteiger partial charge in [-0.05, 0) is 35.4 Å². The van der Waals surface area contributed by atoms with E-state index in [9.17, 15) is 4.79 Å². The van der Waals surface area contributed by atoms with Crippen LogP contribution in [-0.2, 0) is 22.4 Å². The van der Waals surface area contributed by atoms with Crippen molar-refractivity contribution >= 4 is 22.4 Å². The van der Waals surface area contributed by atoms with Crippen molar-refractivity contribution in [2.75, 3.05) is 19.0 Å². The summed E-state index contributed by atoms with van der Waals surface area (Å²) < 4.78 is 4.64. The zero-order valence-electron chi connectivity index (χ0n) is 10.3. The summed E-state index contributed by atoms with van der Waals surface area (Å²) in [6.07, 6.45) is 2.24. The Hall–Kier alpha value is -2.03. The van der Waals surface area contributed by atoms with Crippen molar-refractivity contribution in [3.05, 3.63) is 41.5 Å². The fourth-order valence-electron chi connectivity index (χ4n) is 2.64. The van der Waals surface area contributed by atoms with Gasteiger partial charge in [0.2, 0.25) is 0 Å². The zero-order chi connectivity index (χ0) is 12.5. The van der Waals surface area contributed by atoms with Crippen molar-refractivity contribution < 1.29 is 9.53 Å². The van der Waals surface area contributed by atoms with Gasteiger partial charge in [-0.15, -0.1) is 0 Å². The molecule has 0 fully saturated rings. The van der Waals surface area contributed by atoms with Gasteiger partial charge in [0.15, 0.2) is 0 Å². The first-order chi connectivity index (χ1) is 8.79. The molecule has 3 nitrogen and oxygen atoms in total. The molecule has 0 spiro atoms. The van der Waals surface area contributed by atoms with Crippen LogP contribution in [0.4, 0.5) is 5.69 Å². The summed E-state index contributed by atoms with van der Waals surface area (Å²) in [7, 11) is 1.40. The van der Waals surface area contributed by atoms with E-state index in [2.05, 4.69) is 40.4 Å². The van der Waals surface area contributed by atoms with Gasteiger partial charge >= 0.3 is 5.97 Å². The van der Waals surface area contributed by atoms with Gasteiger partial charge in [0.25, 0.3) is 0 Å². The van der Waals surface area contributed by atoms with E-state index in [1.807, 2.05) is 0 Å². The number of hydrogen-bond acceptors (Lipinski definition) is 3. The normalized spacial score (nSPS) is 12.7. The van der Waals surface area contributed by atoms with E-state index in [4.69, 9.17) is 0 Å². The smallest absolute Gasteiger partial charge is 0.325 e. The second-order valence-electron chi connectivity index (χ2n) is 4.54. The molecule has 0 saturated carbocycles. The fraction of sp³-hybridized carbons (Fsp3) is 0.267. The van der Waals surface area contributed by atoms with Crippen LogP contribution in [-0.4, -0.2) is 19.6 Å². The number of benzene rings is 2. The Morgan fingerprint density at radius 2 is 2.00 bits per heavy atom. The highest BCUT2D eigenvalue weighted by molar-refractivity contribution is 6.00. The first-order valence-electron chi connectivity index (χ1n) is 6.14. The maximum Gasteiger partial charge on any atom is 0.325 e. The summed E-state index contributed by atoms with van der Waals surface area (Å²) in [5, 5.41) is 5.70. The second kappa shape index (κ2) is 4.33. The number of nitrogens with one attached hydrogen (secondary N) is 1. The standard InChI is InChI=1S/C15H15NO2/c1-18-14(17)9-16-13-8-7-11-6-5-10-3-2-4-12(13)15(10)11/h2-4,7-8,16H,5-6,9H2,1H3. The topological polar surface area (TPSA) is 38.3 Å². The summed E-state index contributed by atoms with van der Waals surface area (Å²) in [4.78, 5) is 11.2. The Labute approximate surface area is 106 Å². The number of carbonyl (C=O) groups excluding carboxylic acids is 1. The average Bonchev–Trinajstić information content (AvgIpc) is 2.83. The van der Waals surface area contributed by atoms with Crippen molar-refractivity contribution in [1.82, 2.24) is 0 Å². The third-order valence-corrected chi connectivity index (χ3v) is 3.53. The predicted molar refractivity (Wildman–Crippen MR) is 71.9 cm³/mol. The van der Waals surface area contributed by atoms with Gasteiger partial charge in [-0.25, -0.2) is 0 Å². The molecular weight excluding hydrogens is 226 g/mol. The van der Waals surface area contributed by atoms with Crippen LogP contribution in [0.15, 0.2) is 30.3 Å². The van der Waals surface area contributed by atoms with Crippen LogP contribution >= 0.6 is 0 Å². The van der Waals surface area contributed by atoms with E-state index in [0.717, 1.165) is 18.5 Å². The van der Waals surface area contributed by atoms with Crippen LogP contribution in [0, 0.1) is 0 Å². The highest BCUT2D eigenvalue weighted by Crippen LogP contribution is 2.34. The lowest BCUT2D eigenvalue weighted by molar-refractivity contribution is -0.138. The summed E-state index contributed by atoms with van der Waals surface area (Å²) in [6, 6.07) is 10.6. The molecular formula is C15H15NO2. The van der Waals surface area contributed by atoms with Crippen molar-refractivity contribution in [3.63, 3.8) is 0 Å². The van der Waals surface area contributed by atoms with Crippen molar-refractivity contribution in [3.8, 4) is 0 Å². The Balaban J connectivity index is 2.01. The molecule has 0 atom stereocenters. The summed E-state index contributed by atoms with van der Waals surface area (Å²) in [6.45, 7) is 0.204. The van der Waals surface area contributed by atoms with E-state index in [0.29, 0.717) is 0 Å². The van der Waals surface area contributed by atoms with Crippen LogP contribution in [0.1, 0.15) is 11.1 Å². The van der Waals surface area contributed by atoms with E-state index in [1.54, 1.807) is 0 Å². The molecule has 92 valence electrons. The lowest BCUT2D eigenvalue weighted by atomic mass is 10.0. The minimum absolute atomic E-state index is 0.204. The Bertz CT molecular complexity index is 609. The zero-order valence-corrected chi connectivity index (χ0v) is 10.3. The van der Waals surface area contributed by atoms with E-state index in [1.165, 1.54) is 29.0 Å². The molecule has 18 heavy (non-hydrogen) atoms. The minimum atomic E-state index is -0.252. The molecule has 0 heterocycles. The number of aryl methyl sites for hydroxylation is 2. The largest absolute Gasteiger partial charge is 0.468 e. The van der Waals surface area contributed by atoms with Gasteiger partial charge in [-0.1, -0.05) is 24.3 Å². The molecule has 2 aromatic rings. The Kier molecular flexibility index (Phi) is 2.67. The lowest BCUT2D eigenvalue weighted by Crippen LogP contribution is -2.15. The predicted octanol–water partition coefficient (Wildman–Crippen LogP) is 2.52. The van der Waals surface area contributed by atoms with Gasteiger partial charge in [0.05, 0.1) is 7.11 Å². The highest BCUT2D eigenvalue weighted by Gasteiger charge is 2.15. The number of esters is 1. The van der Waals surface area contributed by atoms with Crippen molar-refractivity contribution in [1.29, 1.82) is 0 Å². The minimum Gasteiger partial charge on any atom is -0.468 e. The molecule has 1 aliphatic rings.